The lowest BCUT2D eigenvalue weighted by Gasteiger charge is -2.23. The molecule has 2 amide bonds. The molecule has 0 radical (unpaired) electrons. The first-order chi connectivity index (χ1) is 12.6. The summed E-state index contributed by atoms with van der Waals surface area (Å²) in [6, 6.07) is 8.04. The minimum absolute atomic E-state index is 0.123. The molecule has 0 spiro atoms. The largest absolute Gasteiger partial charge is 0.340 e. The number of carbonyl (C=O) groups excluding carboxylic acids is 1. The standard InChI is InChI=1S/C20H27N5O/c1-3-15-9-10-17(23-19-11-14(2)21-13-22-19)12-18(15)25-20(26)24-16-7-5-4-6-8-16/h9-13,16H,3-8H2,1-2H3,(H,21,22,23)(H2,24,25,26). The molecule has 1 aliphatic rings. The van der Waals surface area contributed by atoms with Gasteiger partial charge in [0.15, 0.2) is 0 Å². The molecule has 6 heteroatoms. The highest BCUT2D eigenvalue weighted by atomic mass is 16.2. The summed E-state index contributed by atoms with van der Waals surface area (Å²) < 4.78 is 0. The van der Waals surface area contributed by atoms with Crippen molar-refractivity contribution < 1.29 is 4.79 Å². The summed E-state index contributed by atoms with van der Waals surface area (Å²) in [7, 11) is 0. The lowest BCUT2D eigenvalue weighted by Crippen LogP contribution is -2.39. The van der Waals surface area contributed by atoms with Crippen molar-refractivity contribution in [2.45, 2.75) is 58.4 Å². The van der Waals surface area contributed by atoms with Crippen LogP contribution in [0.25, 0.3) is 0 Å². The topological polar surface area (TPSA) is 78.9 Å². The number of aromatic nitrogens is 2. The van der Waals surface area contributed by atoms with Crippen LogP contribution in [0.2, 0.25) is 0 Å². The van der Waals surface area contributed by atoms with Gasteiger partial charge in [0.05, 0.1) is 0 Å². The summed E-state index contributed by atoms with van der Waals surface area (Å²) in [5, 5.41) is 9.40. The Labute approximate surface area is 154 Å². The lowest BCUT2D eigenvalue weighted by atomic mass is 9.96. The van der Waals surface area contributed by atoms with Crippen LogP contribution >= 0.6 is 0 Å². The van der Waals surface area contributed by atoms with Crippen LogP contribution in [0.4, 0.5) is 22.0 Å². The summed E-state index contributed by atoms with van der Waals surface area (Å²) in [5.74, 6) is 0.736. The van der Waals surface area contributed by atoms with Crippen LogP contribution in [0, 0.1) is 6.92 Å². The molecule has 0 saturated heterocycles. The molecule has 1 heterocycles. The summed E-state index contributed by atoms with van der Waals surface area (Å²) >= 11 is 0. The van der Waals surface area contributed by atoms with Crippen LogP contribution in [0.15, 0.2) is 30.6 Å². The number of amides is 2. The van der Waals surface area contributed by atoms with E-state index in [1.807, 2.05) is 31.2 Å². The van der Waals surface area contributed by atoms with Crippen molar-refractivity contribution in [3.05, 3.63) is 41.9 Å². The summed E-state index contributed by atoms with van der Waals surface area (Å²) in [6.45, 7) is 4.01. The maximum absolute atomic E-state index is 12.4. The first kappa shape index (κ1) is 18.2. The molecule has 1 saturated carbocycles. The van der Waals surface area contributed by atoms with Gasteiger partial charge in [-0.05, 0) is 43.9 Å². The van der Waals surface area contributed by atoms with Crippen molar-refractivity contribution in [2.75, 3.05) is 10.6 Å². The number of aryl methyl sites for hydroxylation is 2. The number of carbonyl (C=O) groups is 1. The van der Waals surface area contributed by atoms with Crippen molar-refractivity contribution >= 4 is 23.2 Å². The Hall–Kier alpha value is -2.63. The van der Waals surface area contributed by atoms with Crippen LogP contribution in [0.1, 0.15) is 50.3 Å². The van der Waals surface area contributed by atoms with E-state index in [1.165, 1.54) is 25.6 Å². The van der Waals surface area contributed by atoms with Gasteiger partial charge in [0, 0.05) is 29.2 Å². The van der Waals surface area contributed by atoms with E-state index in [9.17, 15) is 4.79 Å². The van der Waals surface area contributed by atoms with E-state index in [0.29, 0.717) is 6.04 Å². The molecule has 0 aliphatic heterocycles. The third-order valence-corrected chi connectivity index (χ3v) is 4.76. The number of hydrogen-bond acceptors (Lipinski definition) is 4. The fourth-order valence-corrected chi connectivity index (χ4v) is 3.34. The molecule has 1 fully saturated rings. The Balaban J connectivity index is 1.69. The van der Waals surface area contributed by atoms with Gasteiger partial charge in [-0.3, -0.25) is 0 Å². The maximum atomic E-state index is 12.4. The monoisotopic (exact) mass is 353 g/mol. The molecule has 138 valence electrons. The molecule has 1 aromatic heterocycles. The van der Waals surface area contributed by atoms with Gasteiger partial charge in [0.2, 0.25) is 0 Å². The Bertz CT molecular complexity index is 756. The average molecular weight is 353 g/mol. The van der Waals surface area contributed by atoms with E-state index in [-0.39, 0.29) is 6.03 Å². The summed E-state index contributed by atoms with van der Waals surface area (Å²) in [5.41, 5.74) is 3.72. The Morgan fingerprint density at radius 2 is 1.96 bits per heavy atom. The average Bonchev–Trinajstić information content (AvgIpc) is 2.63. The number of rotatable bonds is 5. The van der Waals surface area contributed by atoms with Gasteiger partial charge in [-0.1, -0.05) is 32.3 Å². The maximum Gasteiger partial charge on any atom is 0.319 e. The number of nitrogens with zero attached hydrogens (tertiary/aromatic N) is 2. The summed E-state index contributed by atoms with van der Waals surface area (Å²) in [4.78, 5) is 20.7. The van der Waals surface area contributed by atoms with E-state index < -0.39 is 0 Å². The van der Waals surface area contributed by atoms with Gasteiger partial charge in [-0.15, -0.1) is 0 Å². The highest BCUT2D eigenvalue weighted by molar-refractivity contribution is 5.91. The third kappa shape index (κ3) is 4.94. The highest BCUT2D eigenvalue weighted by Crippen LogP contribution is 2.24. The number of hydrogen-bond donors (Lipinski definition) is 3. The first-order valence-electron chi connectivity index (χ1n) is 9.40. The normalized spacial score (nSPS) is 14.7. The van der Waals surface area contributed by atoms with Gasteiger partial charge in [-0.2, -0.15) is 0 Å². The number of benzene rings is 1. The predicted octanol–water partition coefficient (Wildman–Crippen LogP) is 4.55. The summed E-state index contributed by atoms with van der Waals surface area (Å²) in [6.07, 6.45) is 8.20. The van der Waals surface area contributed by atoms with Crippen LogP contribution in [-0.4, -0.2) is 22.0 Å². The number of nitrogens with one attached hydrogen (secondary N) is 3. The van der Waals surface area contributed by atoms with E-state index in [2.05, 4.69) is 32.8 Å². The minimum Gasteiger partial charge on any atom is -0.340 e. The quantitative estimate of drug-likeness (QED) is 0.737. The number of urea groups is 1. The molecule has 0 unspecified atom stereocenters. The van der Waals surface area contributed by atoms with Crippen molar-refractivity contribution in [1.29, 1.82) is 0 Å². The second kappa shape index (κ2) is 8.65. The van der Waals surface area contributed by atoms with Crippen LogP contribution in [-0.2, 0) is 6.42 Å². The van der Waals surface area contributed by atoms with Crippen molar-refractivity contribution in [1.82, 2.24) is 15.3 Å². The highest BCUT2D eigenvalue weighted by Gasteiger charge is 2.16. The molecular weight excluding hydrogens is 326 g/mol. The Morgan fingerprint density at radius 3 is 2.69 bits per heavy atom. The van der Waals surface area contributed by atoms with E-state index in [1.54, 1.807) is 0 Å². The zero-order valence-electron chi connectivity index (χ0n) is 15.5. The molecule has 2 aromatic rings. The van der Waals surface area contributed by atoms with Gasteiger partial charge in [0.1, 0.15) is 12.1 Å². The van der Waals surface area contributed by atoms with E-state index >= 15 is 0 Å². The molecule has 0 bridgehead atoms. The van der Waals surface area contributed by atoms with Gasteiger partial charge >= 0.3 is 6.03 Å². The molecule has 26 heavy (non-hydrogen) atoms. The number of anilines is 3. The minimum atomic E-state index is -0.123. The predicted molar refractivity (Wildman–Crippen MR) is 105 cm³/mol. The molecule has 0 atom stereocenters. The fourth-order valence-electron chi connectivity index (χ4n) is 3.34. The van der Waals surface area contributed by atoms with Crippen molar-refractivity contribution in [3.63, 3.8) is 0 Å². The van der Waals surface area contributed by atoms with Crippen LogP contribution in [0.3, 0.4) is 0 Å². The molecule has 3 rings (SSSR count). The molecule has 3 N–H and O–H groups in total. The van der Waals surface area contributed by atoms with Gasteiger partial charge in [0.25, 0.3) is 0 Å². The van der Waals surface area contributed by atoms with Crippen LogP contribution < -0.4 is 16.0 Å². The SMILES string of the molecule is CCc1ccc(Nc2cc(C)ncn2)cc1NC(=O)NC1CCCCC1. The smallest absolute Gasteiger partial charge is 0.319 e. The van der Waals surface area contributed by atoms with E-state index in [4.69, 9.17) is 0 Å². The van der Waals surface area contributed by atoms with Gasteiger partial charge < -0.3 is 16.0 Å². The molecular formula is C20H27N5O. The zero-order chi connectivity index (χ0) is 18.4. The second-order valence-corrected chi connectivity index (χ2v) is 6.83. The third-order valence-electron chi connectivity index (χ3n) is 4.76. The second-order valence-electron chi connectivity index (χ2n) is 6.83. The van der Waals surface area contributed by atoms with E-state index in [0.717, 1.165) is 47.7 Å². The van der Waals surface area contributed by atoms with Crippen molar-refractivity contribution in [3.8, 4) is 0 Å². The molecule has 1 aliphatic carbocycles. The Morgan fingerprint density at radius 1 is 1.15 bits per heavy atom. The fraction of sp³-hybridized carbons (Fsp3) is 0.450. The lowest BCUT2D eigenvalue weighted by molar-refractivity contribution is 0.244. The molecule has 1 aromatic carbocycles. The molecule has 6 nitrogen and oxygen atoms in total. The van der Waals surface area contributed by atoms with Crippen LogP contribution in [0.5, 0.6) is 0 Å². The van der Waals surface area contributed by atoms with Gasteiger partial charge in [-0.25, -0.2) is 14.8 Å². The first-order valence-corrected chi connectivity index (χ1v) is 9.40. The van der Waals surface area contributed by atoms with Crippen molar-refractivity contribution in [2.24, 2.45) is 0 Å². The zero-order valence-corrected chi connectivity index (χ0v) is 15.5. The Kier molecular flexibility index (Phi) is 6.04.